The van der Waals surface area contributed by atoms with E-state index in [1.165, 1.54) is 12.1 Å². The van der Waals surface area contributed by atoms with E-state index in [-0.39, 0.29) is 36.0 Å². The molecule has 0 saturated carbocycles. The number of amides is 3. The minimum Gasteiger partial charge on any atom is -0.368 e. The Hall–Kier alpha value is -3.42. The quantitative estimate of drug-likeness (QED) is 0.755. The van der Waals surface area contributed by atoms with Crippen molar-refractivity contribution in [3.05, 3.63) is 66.0 Å². The molecule has 2 aromatic carbocycles. The fourth-order valence-corrected chi connectivity index (χ4v) is 4.43. The predicted octanol–water partition coefficient (Wildman–Crippen LogP) is 2.14. The highest BCUT2D eigenvalue weighted by atomic mass is 19.1. The average molecular weight is 453 g/mol. The van der Waals surface area contributed by atoms with Crippen LogP contribution in [0.3, 0.4) is 0 Å². The SMILES string of the molecule is O=C(NCC(=O)N1CCC(C(=O)N2CCN(c3ccc(F)cc3)CC2)CC1)c1ccccc1. The van der Waals surface area contributed by atoms with Gasteiger partial charge >= 0.3 is 0 Å². The molecule has 0 spiro atoms. The molecule has 3 amide bonds. The zero-order valence-electron chi connectivity index (χ0n) is 18.6. The molecule has 8 heteroatoms. The number of halogens is 1. The lowest BCUT2D eigenvalue weighted by Gasteiger charge is -2.39. The van der Waals surface area contributed by atoms with Crippen molar-refractivity contribution < 1.29 is 18.8 Å². The van der Waals surface area contributed by atoms with Crippen LogP contribution in [0.4, 0.5) is 10.1 Å². The van der Waals surface area contributed by atoms with Crippen LogP contribution < -0.4 is 10.2 Å². The number of hydrogen-bond donors (Lipinski definition) is 1. The molecule has 33 heavy (non-hydrogen) atoms. The Morgan fingerprint density at radius 3 is 2.09 bits per heavy atom. The molecule has 2 aliphatic rings. The number of nitrogens with zero attached hydrogens (tertiary/aromatic N) is 3. The predicted molar refractivity (Wildman–Crippen MR) is 123 cm³/mol. The summed E-state index contributed by atoms with van der Waals surface area (Å²) in [6.45, 7) is 3.71. The van der Waals surface area contributed by atoms with E-state index in [0.717, 1.165) is 18.8 Å². The number of carbonyl (C=O) groups excluding carboxylic acids is 3. The Bertz CT molecular complexity index is 967. The lowest BCUT2D eigenvalue weighted by atomic mass is 9.95. The number of benzene rings is 2. The summed E-state index contributed by atoms with van der Waals surface area (Å²) in [5, 5.41) is 2.67. The third kappa shape index (κ3) is 5.69. The highest BCUT2D eigenvalue weighted by Gasteiger charge is 2.31. The lowest BCUT2D eigenvalue weighted by Crippen LogP contribution is -2.52. The molecule has 2 aromatic rings. The molecule has 1 N–H and O–H groups in total. The Morgan fingerprint density at radius 1 is 0.818 bits per heavy atom. The maximum Gasteiger partial charge on any atom is 0.251 e. The van der Waals surface area contributed by atoms with Crippen molar-refractivity contribution in [3.8, 4) is 0 Å². The Balaban J connectivity index is 1.19. The normalized spacial score (nSPS) is 17.1. The van der Waals surface area contributed by atoms with Crippen molar-refractivity contribution in [2.45, 2.75) is 12.8 Å². The van der Waals surface area contributed by atoms with Crippen molar-refractivity contribution in [1.82, 2.24) is 15.1 Å². The molecule has 0 aromatic heterocycles. The molecule has 0 atom stereocenters. The number of piperidine rings is 1. The van der Waals surface area contributed by atoms with Gasteiger partial charge in [-0.05, 0) is 49.2 Å². The van der Waals surface area contributed by atoms with Gasteiger partial charge in [0, 0.05) is 56.4 Å². The van der Waals surface area contributed by atoms with E-state index in [1.807, 2.05) is 11.0 Å². The molecule has 2 heterocycles. The number of rotatable bonds is 5. The molecule has 174 valence electrons. The average Bonchev–Trinajstić information content (AvgIpc) is 2.88. The van der Waals surface area contributed by atoms with Crippen molar-refractivity contribution in [3.63, 3.8) is 0 Å². The summed E-state index contributed by atoms with van der Waals surface area (Å²) in [5.41, 5.74) is 1.49. The molecule has 7 nitrogen and oxygen atoms in total. The number of likely N-dealkylation sites (tertiary alicyclic amines) is 1. The molecule has 0 radical (unpaired) electrons. The zero-order chi connectivity index (χ0) is 23.2. The first kappa shape index (κ1) is 22.8. The summed E-state index contributed by atoms with van der Waals surface area (Å²) in [7, 11) is 0. The molecule has 2 saturated heterocycles. The van der Waals surface area contributed by atoms with E-state index in [4.69, 9.17) is 0 Å². The summed E-state index contributed by atoms with van der Waals surface area (Å²) >= 11 is 0. The van der Waals surface area contributed by atoms with Gasteiger partial charge in [0.25, 0.3) is 5.91 Å². The number of carbonyl (C=O) groups is 3. The van der Waals surface area contributed by atoms with Crippen LogP contribution in [0.2, 0.25) is 0 Å². The molecule has 0 unspecified atom stereocenters. The Labute approximate surface area is 193 Å². The third-order valence-corrected chi connectivity index (χ3v) is 6.42. The molecule has 0 aliphatic carbocycles. The largest absolute Gasteiger partial charge is 0.368 e. The van der Waals surface area contributed by atoms with E-state index < -0.39 is 0 Å². The molecule has 4 rings (SSSR count). The lowest BCUT2D eigenvalue weighted by molar-refractivity contribution is -0.140. The van der Waals surface area contributed by atoms with E-state index >= 15 is 0 Å². The van der Waals surface area contributed by atoms with Gasteiger partial charge in [-0.15, -0.1) is 0 Å². The van der Waals surface area contributed by atoms with E-state index in [0.29, 0.717) is 44.6 Å². The van der Waals surface area contributed by atoms with Crippen LogP contribution in [0.1, 0.15) is 23.2 Å². The van der Waals surface area contributed by atoms with Gasteiger partial charge in [-0.2, -0.15) is 0 Å². The highest BCUT2D eigenvalue weighted by Crippen LogP contribution is 2.22. The number of anilines is 1. The van der Waals surface area contributed by atoms with Crippen molar-refractivity contribution in [1.29, 1.82) is 0 Å². The first-order valence-electron chi connectivity index (χ1n) is 11.4. The van der Waals surface area contributed by atoms with Crippen LogP contribution in [0.25, 0.3) is 0 Å². The van der Waals surface area contributed by atoms with Crippen LogP contribution in [-0.2, 0) is 9.59 Å². The van der Waals surface area contributed by atoms with Gasteiger partial charge in [-0.1, -0.05) is 18.2 Å². The fraction of sp³-hybridized carbons (Fsp3) is 0.400. The van der Waals surface area contributed by atoms with Gasteiger partial charge in [-0.3, -0.25) is 14.4 Å². The summed E-state index contributed by atoms with van der Waals surface area (Å²) in [6, 6.07) is 15.2. The minimum atomic E-state index is -0.270. The van der Waals surface area contributed by atoms with Crippen LogP contribution in [-0.4, -0.2) is 73.3 Å². The summed E-state index contributed by atoms with van der Waals surface area (Å²) in [4.78, 5) is 43.4. The Morgan fingerprint density at radius 2 is 1.45 bits per heavy atom. The second kappa shape index (κ2) is 10.5. The summed E-state index contributed by atoms with van der Waals surface area (Å²) in [6.07, 6.45) is 1.27. The van der Waals surface area contributed by atoms with Crippen LogP contribution >= 0.6 is 0 Å². The van der Waals surface area contributed by atoms with E-state index in [9.17, 15) is 18.8 Å². The van der Waals surface area contributed by atoms with Crippen LogP contribution in [0.5, 0.6) is 0 Å². The molecular formula is C25H29FN4O3. The first-order chi connectivity index (χ1) is 16.0. The second-order valence-electron chi connectivity index (χ2n) is 8.49. The fourth-order valence-electron chi connectivity index (χ4n) is 4.43. The second-order valence-corrected chi connectivity index (χ2v) is 8.49. The van der Waals surface area contributed by atoms with Crippen molar-refractivity contribution >= 4 is 23.4 Å². The van der Waals surface area contributed by atoms with Gasteiger partial charge in [0.1, 0.15) is 5.82 Å². The standard InChI is InChI=1S/C25H29FN4O3/c26-21-6-8-22(9-7-21)28-14-16-30(17-15-28)25(33)20-10-12-29(13-11-20)23(31)18-27-24(32)19-4-2-1-3-5-19/h1-9,20H,10-18H2,(H,27,32). The molecule has 2 aliphatic heterocycles. The monoisotopic (exact) mass is 452 g/mol. The number of hydrogen-bond acceptors (Lipinski definition) is 4. The highest BCUT2D eigenvalue weighted by molar-refractivity contribution is 5.96. The first-order valence-corrected chi connectivity index (χ1v) is 11.4. The van der Waals surface area contributed by atoms with Crippen molar-refractivity contribution in [2.75, 3.05) is 50.7 Å². The number of piperazine rings is 1. The molecular weight excluding hydrogens is 423 g/mol. The summed E-state index contributed by atoms with van der Waals surface area (Å²) < 4.78 is 13.1. The van der Waals surface area contributed by atoms with Gasteiger partial charge < -0.3 is 20.0 Å². The third-order valence-electron chi connectivity index (χ3n) is 6.42. The molecule has 2 fully saturated rings. The summed E-state index contributed by atoms with van der Waals surface area (Å²) in [5.74, 6) is -0.577. The maximum atomic E-state index is 13.1. The topological polar surface area (TPSA) is 73.0 Å². The van der Waals surface area contributed by atoms with Gasteiger partial charge in [0.2, 0.25) is 11.8 Å². The maximum absolute atomic E-state index is 13.1. The zero-order valence-corrected chi connectivity index (χ0v) is 18.6. The smallest absolute Gasteiger partial charge is 0.251 e. The van der Waals surface area contributed by atoms with Crippen molar-refractivity contribution in [2.24, 2.45) is 5.92 Å². The number of nitrogens with one attached hydrogen (secondary N) is 1. The van der Waals surface area contributed by atoms with E-state index in [1.54, 1.807) is 41.3 Å². The van der Waals surface area contributed by atoms with Gasteiger partial charge in [-0.25, -0.2) is 4.39 Å². The Kier molecular flexibility index (Phi) is 7.22. The van der Waals surface area contributed by atoms with Crippen LogP contribution in [0, 0.1) is 11.7 Å². The van der Waals surface area contributed by atoms with Gasteiger partial charge in [0.05, 0.1) is 6.54 Å². The van der Waals surface area contributed by atoms with Gasteiger partial charge in [0.15, 0.2) is 0 Å². The van der Waals surface area contributed by atoms with Crippen LogP contribution in [0.15, 0.2) is 54.6 Å². The minimum absolute atomic E-state index is 0.0440. The molecule has 0 bridgehead atoms. The van der Waals surface area contributed by atoms with E-state index in [2.05, 4.69) is 10.2 Å².